The summed E-state index contributed by atoms with van der Waals surface area (Å²) in [6, 6.07) is 1.67. The SMILES string of the molecule is O=C(CCl)NC1COc2c(F)cc(F)cc2C1. The predicted octanol–water partition coefficient (Wildman–Crippen LogP) is 1.62. The van der Waals surface area contributed by atoms with Gasteiger partial charge in [-0.05, 0) is 12.5 Å². The van der Waals surface area contributed by atoms with E-state index in [1.165, 1.54) is 6.07 Å². The monoisotopic (exact) mass is 261 g/mol. The van der Waals surface area contributed by atoms with Crippen molar-refractivity contribution in [3.05, 3.63) is 29.3 Å². The normalized spacial score (nSPS) is 18.2. The molecule has 0 saturated carbocycles. The summed E-state index contributed by atoms with van der Waals surface area (Å²) in [5, 5.41) is 2.61. The highest BCUT2D eigenvalue weighted by Gasteiger charge is 2.24. The fraction of sp³-hybridized carbons (Fsp3) is 0.364. The lowest BCUT2D eigenvalue weighted by molar-refractivity contribution is -0.119. The van der Waals surface area contributed by atoms with Gasteiger partial charge in [-0.2, -0.15) is 0 Å². The number of carbonyl (C=O) groups excluding carboxylic acids is 1. The molecule has 2 rings (SSSR count). The van der Waals surface area contributed by atoms with Gasteiger partial charge in [-0.15, -0.1) is 11.6 Å². The smallest absolute Gasteiger partial charge is 0.235 e. The van der Waals surface area contributed by atoms with Crippen LogP contribution in [-0.4, -0.2) is 24.4 Å². The van der Waals surface area contributed by atoms with Crippen molar-refractivity contribution in [2.24, 2.45) is 0 Å². The number of carbonyl (C=O) groups is 1. The van der Waals surface area contributed by atoms with Crippen molar-refractivity contribution in [3.8, 4) is 5.75 Å². The first-order valence-electron chi connectivity index (χ1n) is 5.06. The van der Waals surface area contributed by atoms with E-state index in [9.17, 15) is 13.6 Å². The number of fused-ring (bicyclic) bond motifs is 1. The van der Waals surface area contributed by atoms with E-state index in [1.54, 1.807) is 0 Å². The van der Waals surface area contributed by atoms with Crippen molar-refractivity contribution in [2.75, 3.05) is 12.5 Å². The van der Waals surface area contributed by atoms with Crippen LogP contribution in [-0.2, 0) is 11.2 Å². The molecule has 1 atom stereocenters. The lowest BCUT2D eigenvalue weighted by Crippen LogP contribution is -2.43. The third kappa shape index (κ3) is 2.66. The first-order valence-corrected chi connectivity index (χ1v) is 5.59. The van der Waals surface area contributed by atoms with Gasteiger partial charge in [-0.25, -0.2) is 8.78 Å². The van der Waals surface area contributed by atoms with Crippen LogP contribution in [0.25, 0.3) is 0 Å². The molecule has 0 fully saturated rings. The first kappa shape index (κ1) is 12.1. The minimum absolute atomic E-state index is 0.0581. The number of alkyl halides is 1. The summed E-state index contributed by atoms with van der Waals surface area (Å²) >= 11 is 5.35. The number of halogens is 3. The zero-order valence-corrected chi connectivity index (χ0v) is 9.56. The molecule has 6 heteroatoms. The molecule has 0 spiro atoms. The number of benzene rings is 1. The molecule has 1 heterocycles. The van der Waals surface area contributed by atoms with E-state index >= 15 is 0 Å². The Morgan fingerprint density at radius 3 is 3.00 bits per heavy atom. The van der Waals surface area contributed by atoms with Crippen LogP contribution in [0.1, 0.15) is 5.56 Å². The maximum Gasteiger partial charge on any atom is 0.235 e. The highest BCUT2D eigenvalue weighted by molar-refractivity contribution is 6.27. The van der Waals surface area contributed by atoms with Gasteiger partial charge < -0.3 is 10.1 Å². The number of nitrogens with one attached hydrogen (secondary N) is 1. The van der Waals surface area contributed by atoms with Crippen molar-refractivity contribution in [2.45, 2.75) is 12.5 Å². The molecule has 1 aromatic rings. The van der Waals surface area contributed by atoms with E-state index in [2.05, 4.69) is 5.32 Å². The van der Waals surface area contributed by atoms with E-state index in [0.29, 0.717) is 12.0 Å². The molecule has 0 bridgehead atoms. The maximum atomic E-state index is 13.3. The van der Waals surface area contributed by atoms with Crippen molar-refractivity contribution < 1.29 is 18.3 Å². The third-order valence-electron chi connectivity index (χ3n) is 2.47. The van der Waals surface area contributed by atoms with Gasteiger partial charge in [0.2, 0.25) is 5.91 Å². The second kappa shape index (κ2) is 4.87. The van der Waals surface area contributed by atoms with Crippen LogP contribution in [0.3, 0.4) is 0 Å². The molecule has 1 aromatic carbocycles. The number of hydrogen-bond donors (Lipinski definition) is 1. The van der Waals surface area contributed by atoms with Gasteiger partial charge in [-0.1, -0.05) is 0 Å². The van der Waals surface area contributed by atoms with Crippen LogP contribution in [0.4, 0.5) is 8.78 Å². The van der Waals surface area contributed by atoms with Gasteiger partial charge in [0.25, 0.3) is 0 Å². The molecular formula is C11H10ClF2NO2. The van der Waals surface area contributed by atoms with E-state index in [0.717, 1.165) is 6.07 Å². The molecule has 1 aliphatic rings. The standard InChI is InChI=1S/C11H10ClF2NO2/c12-4-10(16)15-8-2-6-1-7(13)3-9(14)11(6)17-5-8/h1,3,8H,2,4-5H2,(H,15,16). The fourth-order valence-corrected chi connectivity index (χ4v) is 1.87. The Hall–Kier alpha value is -1.36. The summed E-state index contributed by atoms with van der Waals surface area (Å²) in [7, 11) is 0. The predicted molar refractivity (Wildman–Crippen MR) is 58.2 cm³/mol. The largest absolute Gasteiger partial charge is 0.488 e. The van der Waals surface area contributed by atoms with Gasteiger partial charge in [0, 0.05) is 11.6 Å². The average molecular weight is 262 g/mol. The van der Waals surface area contributed by atoms with Crippen LogP contribution in [0, 0.1) is 11.6 Å². The quantitative estimate of drug-likeness (QED) is 0.822. The van der Waals surface area contributed by atoms with Gasteiger partial charge >= 0.3 is 0 Å². The minimum Gasteiger partial charge on any atom is -0.488 e. The van der Waals surface area contributed by atoms with Crippen LogP contribution < -0.4 is 10.1 Å². The molecule has 0 aromatic heterocycles. The Morgan fingerprint density at radius 2 is 2.29 bits per heavy atom. The summed E-state index contributed by atoms with van der Waals surface area (Å²) < 4.78 is 31.5. The zero-order valence-electron chi connectivity index (χ0n) is 8.80. The Balaban J connectivity index is 2.15. The van der Waals surface area contributed by atoms with Gasteiger partial charge in [0.1, 0.15) is 18.3 Å². The molecule has 1 N–H and O–H groups in total. The Kier molecular flexibility index (Phi) is 3.47. The second-order valence-electron chi connectivity index (χ2n) is 3.79. The fourth-order valence-electron chi connectivity index (χ4n) is 1.79. The van der Waals surface area contributed by atoms with Crippen LogP contribution >= 0.6 is 11.6 Å². The molecule has 1 unspecified atom stereocenters. The molecule has 1 amide bonds. The summed E-state index contributed by atoms with van der Waals surface area (Å²) in [5.74, 6) is -1.81. The summed E-state index contributed by atoms with van der Waals surface area (Å²) in [6.07, 6.45) is 0.326. The van der Waals surface area contributed by atoms with Gasteiger partial charge in [-0.3, -0.25) is 4.79 Å². The Labute approximate surface area is 102 Å². The molecule has 3 nitrogen and oxygen atoms in total. The number of hydrogen-bond acceptors (Lipinski definition) is 2. The summed E-state index contributed by atoms with van der Waals surface area (Å²) in [5.41, 5.74) is 0.411. The lowest BCUT2D eigenvalue weighted by atomic mass is 10.0. The Bertz CT molecular complexity index is 453. The van der Waals surface area contributed by atoms with Crippen molar-refractivity contribution in [3.63, 3.8) is 0 Å². The van der Waals surface area contributed by atoms with Gasteiger partial charge in [0.05, 0.1) is 6.04 Å². The first-order chi connectivity index (χ1) is 8.10. The maximum absolute atomic E-state index is 13.3. The van der Waals surface area contributed by atoms with E-state index in [-0.39, 0.29) is 30.2 Å². The van der Waals surface area contributed by atoms with E-state index in [1.807, 2.05) is 0 Å². The van der Waals surface area contributed by atoms with Crippen molar-refractivity contribution >= 4 is 17.5 Å². The number of amides is 1. The average Bonchev–Trinajstić information content (AvgIpc) is 2.28. The van der Waals surface area contributed by atoms with Gasteiger partial charge in [0.15, 0.2) is 11.6 Å². The van der Waals surface area contributed by atoms with E-state index < -0.39 is 11.6 Å². The molecular weight excluding hydrogens is 252 g/mol. The molecule has 0 aliphatic carbocycles. The van der Waals surface area contributed by atoms with Crippen LogP contribution in [0.2, 0.25) is 0 Å². The van der Waals surface area contributed by atoms with Crippen LogP contribution in [0.5, 0.6) is 5.75 Å². The molecule has 1 aliphatic heterocycles. The van der Waals surface area contributed by atoms with Crippen molar-refractivity contribution in [1.29, 1.82) is 0 Å². The lowest BCUT2D eigenvalue weighted by Gasteiger charge is -2.26. The molecule has 17 heavy (non-hydrogen) atoms. The summed E-state index contributed by atoms with van der Waals surface area (Å²) in [4.78, 5) is 11.1. The van der Waals surface area contributed by atoms with E-state index in [4.69, 9.17) is 16.3 Å². The highest BCUT2D eigenvalue weighted by Crippen LogP contribution is 2.28. The second-order valence-corrected chi connectivity index (χ2v) is 4.06. The topological polar surface area (TPSA) is 38.3 Å². The minimum atomic E-state index is -0.720. The highest BCUT2D eigenvalue weighted by atomic mass is 35.5. The number of rotatable bonds is 2. The molecule has 0 saturated heterocycles. The van der Waals surface area contributed by atoms with Crippen molar-refractivity contribution in [1.82, 2.24) is 5.32 Å². The molecule has 0 radical (unpaired) electrons. The Morgan fingerprint density at radius 1 is 1.53 bits per heavy atom. The molecule has 92 valence electrons. The summed E-state index contributed by atoms with van der Waals surface area (Å²) in [6.45, 7) is 0.151. The van der Waals surface area contributed by atoms with Crippen LogP contribution in [0.15, 0.2) is 12.1 Å². The third-order valence-corrected chi connectivity index (χ3v) is 2.71. The number of ether oxygens (including phenoxy) is 1. The zero-order chi connectivity index (χ0) is 12.4.